The van der Waals surface area contributed by atoms with Gasteiger partial charge in [-0.25, -0.2) is 10.8 Å². The third-order valence-corrected chi connectivity index (χ3v) is 4.25. The zero-order valence-electron chi connectivity index (χ0n) is 12.3. The fraction of sp³-hybridized carbons (Fsp3) is 0.562. The lowest BCUT2D eigenvalue weighted by molar-refractivity contribution is 0.241. The summed E-state index contributed by atoms with van der Waals surface area (Å²) in [6.45, 7) is 0.619. The van der Waals surface area contributed by atoms with Crippen molar-refractivity contribution in [3.05, 3.63) is 29.8 Å². The van der Waals surface area contributed by atoms with Gasteiger partial charge < -0.3 is 10.1 Å². The normalized spacial score (nSPS) is 22.5. The van der Waals surface area contributed by atoms with Gasteiger partial charge in [0.2, 0.25) is 5.96 Å². The van der Waals surface area contributed by atoms with Gasteiger partial charge in [0.25, 0.3) is 0 Å². The van der Waals surface area contributed by atoms with Crippen LogP contribution in [-0.2, 0) is 6.42 Å². The second-order valence-electron chi connectivity index (χ2n) is 5.86. The molecule has 5 nitrogen and oxygen atoms in total. The molecule has 1 heterocycles. The maximum atomic E-state index is 5.89. The number of benzene rings is 1. The molecule has 1 aromatic rings. The van der Waals surface area contributed by atoms with Crippen LogP contribution in [0.4, 0.5) is 0 Å². The van der Waals surface area contributed by atoms with Gasteiger partial charge >= 0.3 is 0 Å². The molecule has 1 unspecified atom stereocenters. The Morgan fingerprint density at radius 2 is 2.05 bits per heavy atom. The van der Waals surface area contributed by atoms with Crippen molar-refractivity contribution in [3.63, 3.8) is 0 Å². The Labute approximate surface area is 125 Å². The standard InChI is InChI=1S/C16H24N4O/c17-20-16(19-13-7-2-1-3-8-13)18-11-14-10-12-6-4-5-9-15(12)21-14/h4-6,9,13-14H,1-3,7-8,10-11,17H2,(H2,18,19,20). The third kappa shape index (κ3) is 3.67. The van der Waals surface area contributed by atoms with E-state index in [1.54, 1.807) is 0 Å². The molecular formula is C16H24N4O. The van der Waals surface area contributed by atoms with E-state index in [0.717, 1.165) is 12.2 Å². The highest BCUT2D eigenvalue weighted by Gasteiger charge is 2.22. The van der Waals surface area contributed by atoms with Crippen LogP contribution in [-0.4, -0.2) is 24.7 Å². The summed E-state index contributed by atoms with van der Waals surface area (Å²) >= 11 is 0. The maximum Gasteiger partial charge on any atom is 0.206 e. The molecule has 1 aromatic carbocycles. The van der Waals surface area contributed by atoms with Gasteiger partial charge in [0, 0.05) is 12.5 Å². The fourth-order valence-electron chi connectivity index (χ4n) is 3.12. The van der Waals surface area contributed by atoms with Crippen molar-refractivity contribution in [3.8, 4) is 5.75 Å². The van der Waals surface area contributed by atoms with E-state index in [4.69, 9.17) is 10.6 Å². The minimum Gasteiger partial charge on any atom is -0.488 e. The molecule has 1 aliphatic heterocycles. The number of nitrogens with zero attached hydrogens (tertiary/aromatic N) is 1. The molecule has 0 aromatic heterocycles. The van der Waals surface area contributed by atoms with Crippen molar-refractivity contribution in [1.82, 2.24) is 10.7 Å². The second-order valence-corrected chi connectivity index (χ2v) is 5.86. The van der Waals surface area contributed by atoms with E-state index in [1.165, 1.54) is 37.7 Å². The number of para-hydroxylation sites is 1. The second kappa shape index (κ2) is 6.80. The Kier molecular flexibility index (Phi) is 4.60. The minimum absolute atomic E-state index is 0.110. The maximum absolute atomic E-state index is 5.89. The summed E-state index contributed by atoms with van der Waals surface area (Å²) in [5, 5.41) is 3.41. The van der Waals surface area contributed by atoms with E-state index >= 15 is 0 Å². The first kappa shape index (κ1) is 14.2. The molecule has 0 spiro atoms. The molecular weight excluding hydrogens is 264 g/mol. The van der Waals surface area contributed by atoms with E-state index < -0.39 is 0 Å². The van der Waals surface area contributed by atoms with Gasteiger partial charge in [-0.05, 0) is 24.5 Å². The van der Waals surface area contributed by atoms with Crippen LogP contribution in [0, 0.1) is 0 Å². The number of nitrogens with two attached hydrogens (primary N) is 1. The zero-order valence-corrected chi connectivity index (χ0v) is 12.3. The lowest BCUT2D eigenvalue weighted by atomic mass is 9.96. The van der Waals surface area contributed by atoms with Gasteiger partial charge in [0.1, 0.15) is 11.9 Å². The van der Waals surface area contributed by atoms with E-state index in [0.29, 0.717) is 18.5 Å². The van der Waals surface area contributed by atoms with Crippen molar-refractivity contribution < 1.29 is 4.74 Å². The number of rotatable bonds is 3. The summed E-state index contributed by atoms with van der Waals surface area (Å²) in [6, 6.07) is 8.67. The van der Waals surface area contributed by atoms with Crippen LogP contribution in [0.1, 0.15) is 37.7 Å². The molecule has 1 atom stereocenters. The topological polar surface area (TPSA) is 71.7 Å². The van der Waals surface area contributed by atoms with Crippen LogP contribution in [0.5, 0.6) is 5.75 Å². The molecule has 0 radical (unpaired) electrons. The number of hydrogen-bond acceptors (Lipinski definition) is 3. The van der Waals surface area contributed by atoms with Crippen LogP contribution < -0.4 is 21.3 Å². The number of nitrogens with one attached hydrogen (secondary N) is 2. The summed E-state index contributed by atoms with van der Waals surface area (Å²) in [6.07, 6.45) is 7.35. The Hall–Kier alpha value is -1.75. The van der Waals surface area contributed by atoms with Gasteiger partial charge in [0.05, 0.1) is 6.54 Å². The molecule has 3 rings (SSSR count). The first-order valence-corrected chi connectivity index (χ1v) is 7.87. The summed E-state index contributed by atoms with van der Waals surface area (Å²) < 4.78 is 5.89. The number of fused-ring (bicyclic) bond motifs is 1. The molecule has 1 fully saturated rings. The average molecular weight is 288 g/mol. The van der Waals surface area contributed by atoms with E-state index in [2.05, 4.69) is 21.8 Å². The van der Waals surface area contributed by atoms with E-state index in [1.807, 2.05) is 18.2 Å². The fourth-order valence-corrected chi connectivity index (χ4v) is 3.12. The molecule has 0 amide bonds. The summed E-state index contributed by atoms with van der Waals surface area (Å²) in [5.41, 5.74) is 3.94. The first-order valence-electron chi connectivity index (χ1n) is 7.87. The first-order chi connectivity index (χ1) is 10.3. The molecule has 1 saturated carbocycles. The lowest BCUT2D eigenvalue weighted by Gasteiger charge is -2.24. The van der Waals surface area contributed by atoms with Crippen molar-refractivity contribution in [2.24, 2.45) is 10.8 Å². The van der Waals surface area contributed by atoms with Gasteiger partial charge in [-0.1, -0.05) is 37.5 Å². The van der Waals surface area contributed by atoms with E-state index in [9.17, 15) is 0 Å². The van der Waals surface area contributed by atoms with Crippen LogP contribution in [0.3, 0.4) is 0 Å². The number of hydrogen-bond donors (Lipinski definition) is 3. The minimum atomic E-state index is 0.110. The van der Waals surface area contributed by atoms with Crippen molar-refractivity contribution in [2.45, 2.75) is 50.7 Å². The van der Waals surface area contributed by atoms with Crippen LogP contribution in [0.15, 0.2) is 29.3 Å². The molecule has 21 heavy (non-hydrogen) atoms. The highest BCUT2D eigenvalue weighted by molar-refractivity contribution is 5.79. The molecule has 0 saturated heterocycles. The Balaban J connectivity index is 1.52. The summed E-state index contributed by atoms with van der Waals surface area (Å²) in [7, 11) is 0. The molecule has 2 aliphatic rings. The van der Waals surface area contributed by atoms with Crippen molar-refractivity contribution in [1.29, 1.82) is 0 Å². The lowest BCUT2D eigenvalue weighted by Crippen LogP contribution is -2.47. The SMILES string of the molecule is NNC(=NCC1Cc2ccccc2O1)NC1CCCCC1. The van der Waals surface area contributed by atoms with Gasteiger partial charge in [-0.3, -0.25) is 5.43 Å². The largest absolute Gasteiger partial charge is 0.488 e. The highest BCUT2D eigenvalue weighted by Crippen LogP contribution is 2.28. The molecule has 5 heteroatoms. The molecule has 0 bridgehead atoms. The van der Waals surface area contributed by atoms with Gasteiger partial charge in [-0.15, -0.1) is 0 Å². The van der Waals surface area contributed by atoms with E-state index in [-0.39, 0.29) is 6.10 Å². The quantitative estimate of drug-likeness (QED) is 0.343. The Morgan fingerprint density at radius 1 is 1.24 bits per heavy atom. The summed E-state index contributed by atoms with van der Waals surface area (Å²) in [5.74, 6) is 7.24. The van der Waals surface area contributed by atoms with Crippen LogP contribution >= 0.6 is 0 Å². The van der Waals surface area contributed by atoms with Gasteiger partial charge in [-0.2, -0.15) is 0 Å². The predicted octanol–water partition coefficient (Wildman–Crippen LogP) is 1.73. The summed E-state index contributed by atoms with van der Waals surface area (Å²) in [4.78, 5) is 4.55. The van der Waals surface area contributed by atoms with Crippen LogP contribution in [0.2, 0.25) is 0 Å². The Bertz CT molecular complexity index is 472. The molecule has 1 aliphatic carbocycles. The number of aliphatic imine (C=N–C) groups is 1. The average Bonchev–Trinajstić information content (AvgIpc) is 2.95. The molecule has 114 valence electrons. The van der Waals surface area contributed by atoms with Crippen molar-refractivity contribution >= 4 is 5.96 Å². The predicted molar refractivity (Wildman–Crippen MR) is 84.2 cm³/mol. The third-order valence-electron chi connectivity index (χ3n) is 4.25. The van der Waals surface area contributed by atoms with Crippen molar-refractivity contribution in [2.75, 3.05) is 6.54 Å². The molecule has 4 N–H and O–H groups in total. The van der Waals surface area contributed by atoms with Gasteiger partial charge in [0.15, 0.2) is 0 Å². The number of ether oxygens (including phenoxy) is 1. The number of hydrazine groups is 1. The Morgan fingerprint density at radius 3 is 2.81 bits per heavy atom. The van der Waals surface area contributed by atoms with Crippen LogP contribution in [0.25, 0.3) is 0 Å². The number of guanidine groups is 1. The highest BCUT2D eigenvalue weighted by atomic mass is 16.5. The smallest absolute Gasteiger partial charge is 0.206 e. The zero-order chi connectivity index (χ0) is 14.5. The monoisotopic (exact) mass is 288 g/mol.